The molecule has 0 fully saturated rings. The van der Waals surface area contributed by atoms with Gasteiger partial charge in [0.15, 0.2) is 0 Å². The van der Waals surface area contributed by atoms with Gasteiger partial charge in [-0.2, -0.15) is 0 Å². The SMILES string of the molecule is Cc1nc(COc2ccc(CNCc3nnc4n3CCCCC4)cc2)cs1. The zero-order chi connectivity index (χ0) is 18.5. The Kier molecular flexibility index (Phi) is 5.79. The van der Waals surface area contributed by atoms with E-state index < -0.39 is 0 Å². The van der Waals surface area contributed by atoms with Crippen molar-refractivity contribution in [1.29, 1.82) is 0 Å². The molecule has 7 heteroatoms. The van der Waals surface area contributed by atoms with Crippen LogP contribution in [0.1, 0.15) is 47.2 Å². The molecule has 6 nitrogen and oxygen atoms in total. The van der Waals surface area contributed by atoms with Gasteiger partial charge in [0, 0.05) is 24.9 Å². The smallest absolute Gasteiger partial charge is 0.147 e. The first-order chi connectivity index (χ1) is 13.3. The second-order valence-corrected chi connectivity index (χ2v) is 7.95. The fraction of sp³-hybridized carbons (Fsp3) is 0.450. The highest BCUT2D eigenvalue weighted by atomic mass is 32.1. The lowest BCUT2D eigenvalue weighted by molar-refractivity contribution is 0.302. The number of fused-ring (bicyclic) bond motifs is 1. The molecule has 1 aliphatic rings. The van der Waals surface area contributed by atoms with Crippen molar-refractivity contribution in [1.82, 2.24) is 25.1 Å². The Labute approximate surface area is 163 Å². The van der Waals surface area contributed by atoms with Crippen LogP contribution in [-0.4, -0.2) is 19.7 Å². The highest BCUT2D eigenvalue weighted by molar-refractivity contribution is 7.09. The molecule has 4 rings (SSSR count). The molecule has 27 heavy (non-hydrogen) atoms. The van der Waals surface area contributed by atoms with Crippen LogP contribution in [0.5, 0.6) is 5.75 Å². The Morgan fingerprint density at radius 3 is 2.81 bits per heavy atom. The highest BCUT2D eigenvalue weighted by Gasteiger charge is 2.14. The first-order valence-corrected chi connectivity index (χ1v) is 10.4. The summed E-state index contributed by atoms with van der Waals surface area (Å²) >= 11 is 1.65. The normalized spacial score (nSPS) is 14.0. The Morgan fingerprint density at radius 2 is 2.00 bits per heavy atom. The van der Waals surface area contributed by atoms with Crippen LogP contribution in [0, 0.1) is 6.92 Å². The molecule has 0 spiro atoms. The van der Waals surface area contributed by atoms with Gasteiger partial charge in [0.2, 0.25) is 0 Å². The molecular formula is C20H25N5OS. The average Bonchev–Trinajstić information content (AvgIpc) is 3.19. The molecule has 0 aliphatic carbocycles. The van der Waals surface area contributed by atoms with E-state index in [2.05, 4.69) is 37.2 Å². The van der Waals surface area contributed by atoms with Crippen LogP contribution in [0.15, 0.2) is 29.6 Å². The van der Waals surface area contributed by atoms with E-state index in [1.807, 2.05) is 24.4 Å². The summed E-state index contributed by atoms with van der Waals surface area (Å²) in [5, 5.41) is 15.3. The number of hydrogen-bond donors (Lipinski definition) is 1. The summed E-state index contributed by atoms with van der Waals surface area (Å²) in [4.78, 5) is 4.42. The summed E-state index contributed by atoms with van der Waals surface area (Å²) < 4.78 is 8.09. The number of ether oxygens (including phenoxy) is 1. The van der Waals surface area contributed by atoms with Crippen molar-refractivity contribution in [2.45, 2.75) is 58.8 Å². The van der Waals surface area contributed by atoms with Crippen molar-refractivity contribution in [3.63, 3.8) is 0 Å². The van der Waals surface area contributed by atoms with Crippen LogP contribution in [0.4, 0.5) is 0 Å². The molecule has 2 aromatic heterocycles. The van der Waals surface area contributed by atoms with Crippen LogP contribution in [-0.2, 0) is 32.7 Å². The average molecular weight is 384 g/mol. The molecule has 0 saturated heterocycles. The Hall–Kier alpha value is -2.25. The number of rotatable bonds is 7. The Balaban J connectivity index is 1.26. The minimum atomic E-state index is 0.514. The maximum atomic E-state index is 5.80. The van der Waals surface area contributed by atoms with Gasteiger partial charge in [-0.25, -0.2) is 4.98 Å². The second kappa shape index (κ2) is 8.63. The standard InChI is InChI=1S/C20H25N5OS/c1-15-22-17(14-27-15)13-26-18-8-6-16(7-9-18)11-21-12-20-24-23-19-5-3-2-4-10-25(19)20/h6-9,14,21H,2-5,10-13H2,1H3. The van der Waals surface area contributed by atoms with Gasteiger partial charge < -0.3 is 14.6 Å². The van der Waals surface area contributed by atoms with Crippen molar-refractivity contribution in [3.8, 4) is 5.75 Å². The number of thiazole rings is 1. The summed E-state index contributed by atoms with van der Waals surface area (Å²) in [5.74, 6) is 3.05. The summed E-state index contributed by atoms with van der Waals surface area (Å²) in [6.45, 7) is 5.11. The largest absolute Gasteiger partial charge is 0.487 e. The highest BCUT2D eigenvalue weighted by Crippen LogP contribution is 2.16. The minimum Gasteiger partial charge on any atom is -0.487 e. The fourth-order valence-corrected chi connectivity index (χ4v) is 3.93. The first-order valence-electron chi connectivity index (χ1n) is 9.52. The molecular weight excluding hydrogens is 358 g/mol. The lowest BCUT2D eigenvalue weighted by Crippen LogP contribution is -2.17. The van der Waals surface area contributed by atoms with Crippen molar-refractivity contribution < 1.29 is 4.74 Å². The van der Waals surface area contributed by atoms with Crippen molar-refractivity contribution in [2.75, 3.05) is 0 Å². The van der Waals surface area contributed by atoms with Crippen LogP contribution < -0.4 is 10.1 Å². The van der Waals surface area contributed by atoms with Gasteiger partial charge in [-0.1, -0.05) is 18.6 Å². The lowest BCUT2D eigenvalue weighted by Gasteiger charge is -2.09. The molecule has 0 radical (unpaired) electrons. The number of aromatic nitrogens is 4. The van der Waals surface area contributed by atoms with Gasteiger partial charge in [-0.15, -0.1) is 21.5 Å². The Bertz CT molecular complexity index is 871. The van der Waals surface area contributed by atoms with E-state index in [1.165, 1.54) is 24.8 Å². The summed E-state index contributed by atoms with van der Waals surface area (Å²) in [7, 11) is 0. The third-order valence-corrected chi connectivity index (χ3v) is 5.60. The first kappa shape index (κ1) is 18.1. The second-order valence-electron chi connectivity index (χ2n) is 6.89. The third-order valence-electron chi connectivity index (χ3n) is 4.77. The molecule has 3 heterocycles. The molecule has 0 unspecified atom stereocenters. The van der Waals surface area contributed by atoms with Gasteiger partial charge in [0.1, 0.15) is 24.0 Å². The van der Waals surface area contributed by atoms with E-state index in [0.717, 1.165) is 54.2 Å². The third kappa shape index (κ3) is 4.73. The zero-order valence-electron chi connectivity index (χ0n) is 15.6. The molecule has 0 bridgehead atoms. The van der Waals surface area contributed by atoms with E-state index in [9.17, 15) is 0 Å². The van der Waals surface area contributed by atoms with E-state index in [1.54, 1.807) is 11.3 Å². The van der Waals surface area contributed by atoms with E-state index in [0.29, 0.717) is 6.61 Å². The molecule has 142 valence electrons. The molecule has 0 amide bonds. The maximum Gasteiger partial charge on any atom is 0.147 e. The number of aryl methyl sites for hydroxylation is 2. The molecule has 0 atom stereocenters. The molecule has 1 aromatic carbocycles. The van der Waals surface area contributed by atoms with E-state index in [-0.39, 0.29) is 0 Å². The lowest BCUT2D eigenvalue weighted by atomic mass is 10.2. The monoisotopic (exact) mass is 383 g/mol. The quantitative estimate of drug-likeness (QED) is 0.675. The van der Waals surface area contributed by atoms with Crippen LogP contribution in [0.25, 0.3) is 0 Å². The zero-order valence-corrected chi connectivity index (χ0v) is 16.5. The van der Waals surface area contributed by atoms with Crippen LogP contribution in [0.2, 0.25) is 0 Å². The molecule has 1 aliphatic heterocycles. The van der Waals surface area contributed by atoms with Crippen LogP contribution in [0.3, 0.4) is 0 Å². The fourth-order valence-electron chi connectivity index (χ4n) is 3.33. The molecule has 3 aromatic rings. The van der Waals surface area contributed by atoms with Crippen LogP contribution >= 0.6 is 11.3 Å². The predicted molar refractivity (Wildman–Crippen MR) is 106 cm³/mol. The van der Waals surface area contributed by atoms with Crippen molar-refractivity contribution >= 4 is 11.3 Å². The van der Waals surface area contributed by atoms with Gasteiger partial charge >= 0.3 is 0 Å². The van der Waals surface area contributed by atoms with Gasteiger partial charge in [0.25, 0.3) is 0 Å². The van der Waals surface area contributed by atoms with Crippen molar-refractivity contribution in [2.24, 2.45) is 0 Å². The Morgan fingerprint density at radius 1 is 1.11 bits per heavy atom. The summed E-state index contributed by atoms with van der Waals surface area (Å²) in [6, 6.07) is 8.22. The van der Waals surface area contributed by atoms with Gasteiger partial charge in [0.05, 0.1) is 17.2 Å². The maximum absolute atomic E-state index is 5.80. The van der Waals surface area contributed by atoms with E-state index in [4.69, 9.17) is 4.74 Å². The minimum absolute atomic E-state index is 0.514. The van der Waals surface area contributed by atoms with Gasteiger partial charge in [-0.05, 0) is 37.5 Å². The van der Waals surface area contributed by atoms with E-state index >= 15 is 0 Å². The number of hydrogen-bond acceptors (Lipinski definition) is 6. The van der Waals surface area contributed by atoms with Gasteiger partial charge in [-0.3, -0.25) is 0 Å². The molecule has 1 N–H and O–H groups in total. The van der Waals surface area contributed by atoms with Crippen molar-refractivity contribution in [3.05, 3.63) is 57.6 Å². The topological polar surface area (TPSA) is 64.9 Å². The predicted octanol–water partition coefficient (Wildman–Crippen LogP) is 3.64. The number of nitrogens with one attached hydrogen (secondary N) is 1. The number of nitrogens with zero attached hydrogens (tertiary/aromatic N) is 4. The summed E-state index contributed by atoms with van der Waals surface area (Å²) in [6.07, 6.45) is 4.78. The summed E-state index contributed by atoms with van der Waals surface area (Å²) in [5.41, 5.74) is 2.21. The number of benzene rings is 1. The molecule has 0 saturated carbocycles.